The van der Waals surface area contributed by atoms with E-state index in [2.05, 4.69) is 31.1 Å². The first-order valence-electron chi connectivity index (χ1n) is 6.16. The van der Waals surface area contributed by atoms with E-state index in [1.165, 1.54) is 13.0 Å². The van der Waals surface area contributed by atoms with Crippen molar-refractivity contribution in [2.75, 3.05) is 33.4 Å². The molecule has 1 rings (SSSR count). The molecule has 3 heteroatoms. The van der Waals surface area contributed by atoms with E-state index in [-0.39, 0.29) is 0 Å². The molecule has 0 aromatic rings. The Bertz CT molecular complexity index is 175. The predicted molar refractivity (Wildman–Crippen MR) is 64.2 cm³/mol. The zero-order chi connectivity index (χ0) is 11.3. The SMILES string of the molecule is CCOCCNC1CC(C)N(C)CC1C. The number of hydrogen-bond donors (Lipinski definition) is 1. The minimum atomic E-state index is 0.664. The molecule has 0 saturated carbocycles. The van der Waals surface area contributed by atoms with E-state index >= 15 is 0 Å². The van der Waals surface area contributed by atoms with Crippen LogP contribution in [0.3, 0.4) is 0 Å². The lowest BCUT2D eigenvalue weighted by atomic mass is 9.90. The van der Waals surface area contributed by atoms with Crippen molar-refractivity contribution in [2.24, 2.45) is 5.92 Å². The molecule has 1 aliphatic heterocycles. The van der Waals surface area contributed by atoms with Crippen molar-refractivity contribution in [3.8, 4) is 0 Å². The molecule has 1 heterocycles. The highest BCUT2D eigenvalue weighted by Gasteiger charge is 2.28. The Morgan fingerprint density at radius 2 is 2.13 bits per heavy atom. The first kappa shape index (κ1) is 12.9. The Kier molecular flexibility index (Phi) is 5.58. The number of rotatable bonds is 5. The summed E-state index contributed by atoms with van der Waals surface area (Å²) in [6.45, 7) is 10.5. The molecule has 0 aromatic carbocycles. The van der Waals surface area contributed by atoms with Gasteiger partial charge in [-0.1, -0.05) is 6.92 Å². The van der Waals surface area contributed by atoms with E-state index in [1.54, 1.807) is 0 Å². The van der Waals surface area contributed by atoms with E-state index in [1.807, 2.05) is 6.92 Å². The molecule has 0 amide bonds. The van der Waals surface area contributed by atoms with Crippen molar-refractivity contribution < 1.29 is 4.74 Å². The quantitative estimate of drug-likeness (QED) is 0.699. The normalized spacial score (nSPS) is 33.2. The summed E-state index contributed by atoms with van der Waals surface area (Å²) in [5.74, 6) is 0.743. The van der Waals surface area contributed by atoms with E-state index in [0.717, 1.165) is 25.7 Å². The van der Waals surface area contributed by atoms with Crippen LogP contribution in [0, 0.1) is 5.92 Å². The van der Waals surface area contributed by atoms with Gasteiger partial charge in [0.25, 0.3) is 0 Å². The van der Waals surface area contributed by atoms with Gasteiger partial charge in [-0.3, -0.25) is 0 Å². The van der Waals surface area contributed by atoms with Crippen LogP contribution >= 0.6 is 0 Å². The summed E-state index contributed by atoms with van der Waals surface area (Å²) in [5.41, 5.74) is 0. The van der Waals surface area contributed by atoms with Crippen LogP contribution in [0.4, 0.5) is 0 Å². The first-order chi connectivity index (χ1) is 7.15. The summed E-state index contributed by atoms with van der Waals surface area (Å²) in [5, 5.41) is 3.61. The van der Waals surface area contributed by atoms with Crippen molar-refractivity contribution in [1.29, 1.82) is 0 Å². The Hall–Kier alpha value is -0.120. The van der Waals surface area contributed by atoms with Gasteiger partial charge in [0.05, 0.1) is 6.61 Å². The van der Waals surface area contributed by atoms with Crippen LogP contribution in [0.2, 0.25) is 0 Å². The topological polar surface area (TPSA) is 24.5 Å². The average molecular weight is 214 g/mol. The molecule has 0 bridgehead atoms. The number of piperidine rings is 1. The van der Waals surface area contributed by atoms with Gasteiger partial charge in [-0.2, -0.15) is 0 Å². The van der Waals surface area contributed by atoms with Crippen molar-refractivity contribution in [3.05, 3.63) is 0 Å². The number of nitrogens with zero attached hydrogens (tertiary/aromatic N) is 1. The second kappa shape index (κ2) is 6.46. The minimum Gasteiger partial charge on any atom is -0.380 e. The standard InChI is InChI=1S/C12H26N2O/c1-5-15-7-6-13-12-8-11(3)14(4)9-10(12)2/h10-13H,5-9H2,1-4H3. The fourth-order valence-corrected chi connectivity index (χ4v) is 2.29. The molecule has 0 spiro atoms. The van der Waals surface area contributed by atoms with E-state index in [0.29, 0.717) is 12.1 Å². The van der Waals surface area contributed by atoms with Gasteiger partial charge in [-0.15, -0.1) is 0 Å². The largest absolute Gasteiger partial charge is 0.380 e. The lowest BCUT2D eigenvalue weighted by Crippen LogP contribution is -2.51. The van der Waals surface area contributed by atoms with Gasteiger partial charge in [-0.25, -0.2) is 0 Å². The van der Waals surface area contributed by atoms with E-state index < -0.39 is 0 Å². The number of hydrogen-bond acceptors (Lipinski definition) is 3. The highest BCUT2D eigenvalue weighted by Crippen LogP contribution is 2.20. The first-order valence-corrected chi connectivity index (χ1v) is 6.16. The second-order valence-corrected chi connectivity index (χ2v) is 4.76. The van der Waals surface area contributed by atoms with Crippen molar-refractivity contribution in [1.82, 2.24) is 10.2 Å². The summed E-state index contributed by atoms with van der Waals surface area (Å²) >= 11 is 0. The molecule has 0 radical (unpaired) electrons. The molecule has 1 fully saturated rings. The highest BCUT2D eigenvalue weighted by molar-refractivity contribution is 4.85. The van der Waals surface area contributed by atoms with Crippen LogP contribution < -0.4 is 5.32 Å². The van der Waals surface area contributed by atoms with Gasteiger partial charge in [0.1, 0.15) is 0 Å². The fourth-order valence-electron chi connectivity index (χ4n) is 2.29. The molecule has 3 unspecified atom stereocenters. The molecule has 3 atom stereocenters. The summed E-state index contributed by atoms with van der Waals surface area (Å²) in [7, 11) is 2.22. The molecule has 0 aliphatic carbocycles. The Morgan fingerprint density at radius 3 is 2.80 bits per heavy atom. The molecule has 0 aromatic heterocycles. The van der Waals surface area contributed by atoms with Gasteiger partial charge in [0.15, 0.2) is 0 Å². The lowest BCUT2D eigenvalue weighted by Gasteiger charge is -2.40. The number of likely N-dealkylation sites (tertiary alicyclic amines) is 1. The number of ether oxygens (including phenoxy) is 1. The molecule has 15 heavy (non-hydrogen) atoms. The van der Waals surface area contributed by atoms with Crippen molar-refractivity contribution in [3.63, 3.8) is 0 Å². The second-order valence-electron chi connectivity index (χ2n) is 4.76. The van der Waals surface area contributed by atoms with Crippen LogP contribution in [0.15, 0.2) is 0 Å². The maximum Gasteiger partial charge on any atom is 0.0590 e. The van der Waals surface area contributed by atoms with Gasteiger partial charge in [0, 0.05) is 31.8 Å². The third kappa shape index (κ3) is 4.09. The summed E-state index contributed by atoms with van der Waals surface area (Å²) < 4.78 is 5.33. The molecule has 1 N–H and O–H groups in total. The van der Waals surface area contributed by atoms with Gasteiger partial charge in [-0.05, 0) is 33.2 Å². The smallest absolute Gasteiger partial charge is 0.0590 e. The van der Waals surface area contributed by atoms with E-state index in [9.17, 15) is 0 Å². The van der Waals surface area contributed by atoms with Crippen molar-refractivity contribution in [2.45, 2.75) is 39.3 Å². The van der Waals surface area contributed by atoms with Crippen LogP contribution in [0.25, 0.3) is 0 Å². The number of nitrogens with one attached hydrogen (secondary N) is 1. The Morgan fingerprint density at radius 1 is 1.40 bits per heavy atom. The molecular formula is C12H26N2O. The third-order valence-corrected chi connectivity index (χ3v) is 3.47. The molecule has 1 saturated heterocycles. The van der Waals surface area contributed by atoms with Crippen LogP contribution in [0.5, 0.6) is 0 Å². The fraction of sp³-hybridized carbons (Fsp3) is 1.00. The maximum absolute atomic E-state index is 5.33. The van der Waals surface area contributed by atoms with Gasteiger partial charge >= 0.3 is 0 Å². The minimum absolute atomic E-state index is 0.664. The Balaban J connectivity index is 2.22. The van der Waals surface area contributed by atoms with Gasteiger partial charge < -0.3 is 15.0 Å². The maximum atomic E-state index is 5.33. The lowest BCUT2D eigenvalue weighted by molar-refractivity contribution is 0.107. The van der Waals surface area contributed by atoms with E-state index in [4.69, 9.17) is 4.74 Å². The van der Waals surface area contributed by atoms with Crippen molar-refractivity contribution >= 4 is 0 Å². The van der Waals surface area contributed by atoms with Crippen LogP contribution in [0.1, 0.15) is 27.2 Å². The average Bonchev–Trinajstić information content (AvgIpc) is 2.20. The highest BCUT2D eigenvalue weighted by atomic mass is 16.5. The predicted octanol–water partition coefficient (Wildman–Crippen LogP) is 1.34. The van der Waals surface area contributed by atoms with Crippen LogP contribution in [-0.2, 0) is 4.74 Å². The molecule has 90 valence electrons. The summed E-state index contributed by atoms with van der Waals surface area (Å²) in [6.07, 6.45) is 1.25. The summed E-state index contributed by atoms with van der Waals surface area (Å²) in [6, 6.07) is 1.36. The zero-order valence-electron chi connectivity index (χ0n) is 10.6. The third-order valence-electron chi connectivity index (χ3n) is 3.47. The summed E-state index contributed by atoms with van der Waals surface area (Å²) in [4.78, 5) is 2.45. The molecule has 1 aliphatic rings. The monoisotopic (exact) mass is 214 g/mol. The van der Waals surface area contributed by atoms with Gasteiger partial charge in [0.2, 0.25) is 0 Å². The zero-order valence-corrected chi connectivity index (χ0v) is 10.6. The van der Waals surface area contributed by atoms with Crippen LogP contribution in [-0.4, -0.2) is 50.3 Å². The molecular weight excluding hydrogens is 188 g/mol. The molecule has 3 nitrogen and oxygen atoms in total. The Labute approximate surface area is 94.2 Å².